The second kappa shape index (κ2) is 15.2. The molecule has 1 N–H and O–H groups in total. The number of hydrogen-bond acceptors (Lipinski definition) is 4. The topological polar surface area (TPSA) is 80.4 Å². The maximum absolute atomic E-state index is 11.7. The Morgan fingerprint density at radius 1 is 0.963 bits per heavy atom. The van der Waals surface area contributed by atoms with Gasteiger partial charge in [0.15, 0.2) is 0 Å². The lowest BCUT2D eigenvalue weighted by molar-refractivity contribution is -0.534. The molecule has 0 aromatic rings. The normalized spacial score (nSPS) is 14.1. The van der Waals surface area contributed by atoms with Crippen LogP contribution in [0.25, 0.3) is 0 Å². The number of rotatable bonds is 18. The molecular weight excluding hydrogens is 362 g/mol. The highest BCUT2D eigenvalue weighted by Gasteiger charge is 2.39. The Balaban J connectivity index is 4.37. The van der Waals surface area contributed by atoms with Gasteiger partial charge in [0, 0.05) is 28.4 Å². The Labute approximate surface area is 171 Å². The Morgan fingerprint density at radius 2 is 1.44 bits per heavy atom. The molecule has 0 aromatic heterocycles. The molecule has 0 heterocycles. The zero-order valence-electron chi connectivity index (χ0n) is 17.6. The molecule has 0 bridgehead atoms. The predicted octanol–water partition coefficient (Wildman–Crippen LogP) is 6.52. The maximum atomic E-state index is 11.7. The van der Waals surface area contributed by atoms with Crippen molar-refractivity contribution in [3.8, 4) is 0 Å². The van der Waals surface area contributed by atoms with Crippen molar-refractivity contribution in [3.63, 3.8) is 0 Å². The van der Waals surface area contributed by atoms with Crippen LogP contribution in [0, 0.1) is 16.0 Å². The molecule has 0 saturated carbocycles. The van der Waals surface area contributed by atoms with E-state index in [9.17, 15) is 14.9 Å². The molecule has 160 valence electrons. The fraction of sp³-hybridized carbons (Fsp3) is 0.952. The molecule has 0 radical (unpaired) electrons. The molecule has 27 heavy (non-hydrogen) atoms. The number of carboxylic acid groups (broad SMARTS) is 1. The van der Waals surface area contributed by atoms with E-state index in [0.717, 1.165) is 44.9 Å². The van der Waals surface area contributed by atoms with Crippen LogP contribution in [0.1, 0.15) is 111 Å². The number of carboxylic acids is 1. The summed E-state index contributed by atoms with van der Waals surface area (Å²) in [6.07, 6.45) is 13.1. The first-order chi connectivity index (χ1) is 12.7. The van der Waals surface area contributed by atoms with E-state index in [0.29, 0.717) is 12.8 Å². The van der Waals surface area contributed by atoms with E-state index in [2.05, 4.69) is 6.92 Å². The second-order valence-electron chi connectivity index (χ2n) is 8.37. The van der Waals surface area contributed by atoms with Crippen molar-refractivity contribution in [2.45, 2.75) is 121 Å². The van der Waals surface area contributed by atoms with Crippen LogP contribution in [0.15, 0.2) is 0 Å². The summed E-state index contributed by atoms with van der Waals surface area (Å²) in [6.45, 7) is 6.20. The van der Waals surface area contributed by atoms with Crippen molar-refractivity contribution in [2.24, 2.45) is 5.92 Å². The third-order valence-electron chi connectivity index (χ3n) is 5.40. The summed E-state index contributed by atoms with van der Waals surface area (Å²) in [5.74, 6) is -0.772. The van der Waals surface area contributed by atoms with Crippen LogP contribution in [-0.2, 0) is 4.79 Å². The molecule has 0 fully saturated rings. The van der Waals surface area contributed by atoms with Crippen LogP contribution in [0.2, 0.25) is 0 Å². The summed E-state index contributed by atoms with van der Waals surface area (Å²) in [6, 6.07) is -0.535. The van der Waals surface area contributed by atoms with Gasteiger partial charge in [-0.2, -0.15) is 12.6 Å². The van der Waals surface area contributed by atoms with Crippen LogP contribution in [0.5, 0.6) is 0 Å². The summed E-state index contributed by atoms with van der Waals surface area (Å²) < 4.78 is -0.358. The van der Waals surface area contributed by atoms with Gasteiger partial charge in [0.2, 0.25) is 6.04 Å². The first-order valence-electron chi connectivity index (χ1n) is 10.8. The highest BCUT2D eigenvalue weighted by atomic mass is 32.1. The maximum Gasteiger partial charge on any atom is 0.303 e. The average Bonchev–Trinajstić information content (AvgIpc) is 2.56. The van der Waals surface area contributed by atoms with Crippen LogP contribution in [0.3, 0.4) is 0 Å². The van der Waals surface area contributed by atoms with E-state index in [4.69, 9.17) is 17.7 Å². The number of carbonyl (C=O) groups is 1. The molecule has 0 aliphatic carbocycles. The van der Waals surface area contributed by atoms with Gasteiger partial charge in [-0.15, -0.1) is 0 Å². The van der Waals surface area contributed by atoms with Gasteiger partial charge in [0.05, 0.1) is 0 Å². The monoisotopic (exact) mass is 403 g/mol. The lowest BCUT2D eigenvalue weighted by atomic mass is 9.81. The van der Waals surface area contributed by atoms with Gasteiger partial charge in [0.1, 0.15) is 0 Å². The van der Waals surface area contributed by atoms with Crippen molar-refractivity contribution >= 4 is 18.6 Å². The highest BCUT2D eigenvalue weighted by Crippen LogP contribution is 2.34. The van der Waals surface area contributed by atoms with Gasteiger partial charge in [-0.25, -0.2) is 0 Å². The third kappa shape index (κ3) is 14.0. The summed E-state index contributed by atoms with van der Waals surface area (Å²) in [4.78, 5) is 22.1. The largest absolute Gasteiger partial charge is 0.481 e. The van der Waals surface area contributed by atoms with Gasteiger partial charge in [-0.1, -0.05) is 78.6 Å². The summed E-state index contributed by atoms with van der Waals surface area (Å²) in [7, 11) is 0. The van der Waals surface area contributed by atoms with E-state index >= 15 is 0 Å². The molecule has 0 rings (SSSR count). The van der Waals surface area contributed by atoms with E-state index in [1.54, 1.807) is 0 Å². The van der Waals surface area contributed by atoms with E-state index in [1.807, 2.05) is 13.8 Å². The Morgan fingerprint density at radius 3 is 1.93 bits per heavy atom. The quantitative estimate of drug-likeness (QED) is 0.118. The van der Waals surface area contributed by atoms with Gasteiger partial charge >= 0.3 is 5.97 Å². The Bertz CT molecular complexity index is 409. The average molecular weight is 404 g/mol. The molecule has 2 unspecified atom stereocenters. The van der Waals surface area contributed by atoms with Crippen molar-refractivity contribution < 1.29 is 14.8 Å². The summed E-state index contributed by atoms with van der Waals surface area (Å²) in [5.41, 5.74) is 0. The fourth-order valence-corrected chi connectivity index (χ4v) is 4.08. The van der Waals surface area contributed by atoms with Gasteiger partial charge < -0.3 is 5.11 Å². The smallest absolute Gasteiger partial charge is 0.303 e. The number of hydrogen-bond donors (Lipinski definition) is 2. The number of thiol groups is 1. The minimum absolute atomic E-state index is 0.0194. The van der Waals surface area contributed by atoms with Gasteiger partial charge in [-0.3, -0.25) is 14.9 Å². The number of aliphatic carboxylic acids is 1. The Hall–Kier alpha value is -0.780. The lowest BCUT2D eigenvalue weighted by Gasteiger charge is -2.32. The lowest BCUT2D eigenvalue weighted by Crippen LogP contribution is -2.40. The van der Waals surface area contributed by atoms with Crippen molar-refractivity contribution in [3.05, 3.63) is 10.1 Å². The van der Waals surface area contributed by atoms with Gasteiger partial charge in [0.25, 0.3) is 0 Å². The second-order valence-corrected chi connectivity index (χ2v) is 9.52. The molecule has 2 atom stereocenters. The molecule has 0 spiro atoms. The summed E-state index contributed by atoms with van der Waals surface area (Å²) in [5, 5.41) is 20.3. The first kappa shape index (κ1) is 26.2. The minimum atomic E-state index is -0.753. The van der Waals surface area contributed by atoms with E-state index in [-0.39, 0.29) is 22.0 Å². The minimum Gasteiger partial charge on any atom is -0.481 e. The molecule has 5 nitrogen and oxygen atoms in total. The molecular formula is C21H41NO4S. The summed E-state index contributed by atoms with van der Waals surface area (Å²) >= 11 is 4.69. The highest BCUT2D eigenvalue weighted by molar-refractivity contribution is 7.81. The van der Waals surface area contributed by atoms with Crippen LogP contribution >= 0.6 is 12.6 Å². The zero-order chi connectivity index (χ0) is 20.7. The molecule has 0 aliphatic rings. The van der Waals surface area contributed by atoms with E-state index in [1.165, 1.54) is 25.7 Å². The molecule has 0 saturated heterocycles. The van der Waals surface area contributed by atoms with Gasteiger partial charge in [-0.05, 0) is 19.3 Å². The predicted molar refractivity (Wildman–Crippen MR) is 115 cm³/mol. The first-order valence-corrected chi connectivity index (χ1v) is 11.2. The molecule has 6 heteroatoms. The Kier molecular flexibility index (Phi) is 14.7. The van der Waals surface area contributed by atoms with Crippen molar-refractivity contribution in [1.29, 1.82) is 0 Å². The molecule has 0 amide bonds. The number of unbranched alkanes of at least 4 members (excludes halogenated alkanes) is 9. The molecule has 0 aliphatic heterocycles. The number of nitro groups is 1. The zero-order valence-corrected chi connectivity index (χ0v) is 18.5. The van der Waals surface area contributed by atoms with Crippen LogP contribution < -0.4 is 0 Å². The standard InChI is InChI=1S/C21H41NO4S/c1-4-5-6-7-9-12-15-18(21(2,3)27)19(22(25)26)16-13-10-8-11-14-17-20(23)24/h18-19,27H,4-17H2,1-3H3,(H,23,24). The van der Waals surface area contributed by atoms with E-state index < -0.39 is 12.0 Å². The van der Waals surface area contributed by atoms with Crippen LogP contribution in [0.4, 0.5) is 0 Å². The fourth-order valence-electron chi connectivity index (χ4n) is 3.77. The number of nitrogens with zero attached hydrogens (tertiary/aromatic N) is 1. The van der Waals surface area contributed by atoms with Crippen LogP contribution in [-0.4, -0.2) is 26.8 Å². The molecule has 0 aromatic carbocycles. The van der Waals surface area contributed by atoms with Crippen molar-refractivity contribution in [2.75, 3.05) is 0 Å². The SMILES string of the molecule is CCCCCCCCC(C(CCCCCCCC(=O)O)[N+](=O)[O-])C(C)(C)S. The van der Waals surface area contributed by atoms with Crippen molar-refractivity contribution in [1.82, 2.24) is 0 Å². The third-order valence-corrected chi connectivity index (χ3v) is 5.73.